The van der Waals surface area contributed by atoms with Crippen LogP contribution in [0.2, 0.25) is 0 Å². The topological polar surface area (TPSA) is 76.7 Å². The Hall–Kier alpha value is -2.24. The van der Waals surface area contributed by atoms with Gasteiger partial charge in [-0.05, 0) is 76.2 Å². The third-order valence-electron chi connectivity index (χ3n) is 7.89. The first-order valence-electron chi connectivity index (χ1n) is 12.3. The Kier molecular flexibility index (Phi) is 5.58. The highest BCUT2D eigenvalue weighted by molar-refractivity contribution is 5.84. The SMILES string of the molecule is CC1(C)Cc2cccc(OCCNC(=O)CCNC(=O)C34CC5CC(CC(C5)C3)C4)c2O1. The van der Waals surface area contributed by atoms with Crippen LogP contribution in [-0.4, -0.2) is 37.1 Å². The summed E-state index contributed by atoms with van der Waals surface area (Å²) in [6.07, 6.45) is 8.31. The number of ether oxygens (including phenoxy) is 2. The molecule has 0 radical (unpaired) electrons. The number of amides is 2. The molecule has 0 atom stereocenters. The monoisotopic (exact) mass is 440 g/mol. The number of hydrogen-bond acceptors (Lipinski definition) is 4. The Bertz CT molecular complexity index is 859. The molecule has 2 N–H and O–H groups in total. The molecule has 6 nitrogen and oxygen atoms in total. The molecule has 4 aliphatic carbocycles. The van der Waals surface area contributed by atoms with E-state index in [1.807, 2.05) is 12.1 Å². The Morgan fingerprint density at radius 3 is 2.41 bits per heavy atom. The van der Waals surface area contributed by atoms with Crippen molar-refractivity contribution in [3.63, 3.8) is 0 Å². The molecule has 4 fully saturated rings. The van der Waals surface area contributed by atoms with E-state index in [0.29, 0.717) is 26.1 Å². The molecule has 174 valence electrons. The number of carbonyl (C=O) groups is 2. The van der Waals surface area contributed by atoms with Gasteiger partial charge in [0.1, 0.15) is 12.2 Å². The molecule has 0 unspecified atom stereocenters. The molecule has 6 heteroatoms. The molecule has 1 aromatic carbocycles. The van der Waals surface area contributed by atoms with Crippen molar-refractivity contribution in [2.45, 2.75) is 70.8 Å². The molecule has 1 aliphatic heterocycles. The first kappa shape index (κ1) is 21.6. The molecular weight excluding hydrogens is 404 g/mol. The van der Waals surface area contributed by atoms with Gasteiger partial charge in [-0.1, -0.05) is 12.1 Å². The van der Waals surface area contributed by atoms with Crippen molar-refractivity contribution < 1.29 is 19.1 Å². The summed E-state index contributed by atoms with van der Waals surface area (Å²) in [7, 11) is 0. The first-order valence-corrected chi connectivity index (χ1v) is 12.3. The smallest absolute Gasteiger partial charge is 0.226 e. The minimum absolute atomic E-state index is 0.0601. The van der Waals surface area contributed by atoms with Crippen LogP contribution in [0.15, 0.2) is 18.2 Å². The van der Waals surface area contributed by atoms with Gasteiger partial charge in [-0.15, -0.1) is 0 Å². The Morgan fingerprint density at radius 2 is 1.72 bits per heavy atom. The molecule has 0 spiro atoms. The lowest BCUT2D eigenvalue weighted by Crippen LogP contribution is -2.53. The lowest BCUT2D eigenvalue weighted by molar-refractivity contribution is -0.146. The van der Waals surface area contributed by atoms with Crippen LogP contribution in [0.1, 0.15) is 64.4 Å². The van der Waals surface area contributed by atoms with Crippen LogP contribution in [0.25, 0.3) is 0 Å². The molecule has 0 aromatic heterocycles. The van der Waals surface area contributed by atoms with Crippen molar-refractivity contribution >= 4 is 11.8 Å². The van der Waals surface area contributed by atoms with Gasteiger partial charge in [-0.3, -0.25) is 9.59 Å². The zero-order chi connectivity index (χ0) is 22.3. The van der Waals surface area contributed by atoms with Gasteiger partial charge < -0.3 is 20.1 Å². The summed E-state index contributed by atoms with van der Waals surface area (Å²) in [5.74, 6) is 3.91. The van der Waals surface area contributed by atoms with Crippen molar-refractivity contribution in [2.75, 3.05) is 19.7 Å². The van der Waals surface area contributed by atoms with Crippen molar-refractivity contribution in [1.82, 2.24) is 10.6 Å². The van der Waals surface area contributed by atoms with Crippen LogP contribution in [0.5, 0.6) is 11.5 Å². The molecule has 5 aliphatic rings. The van der Waals surface area contributed by atoms with Gasteiger partial charge in [0.2, 0.25) is 11.8 Å². The van der Waals surface area contributed by atoms with Crippen molar-refractivity contribution in [1.29, 1.82) is 0 Å². The molecule has 6 rings (SSSR count). The molecule has 0 saturated heterocycles. The van der Waals surface area contributed by atoms with Gasteiger partial charge in [0.25, 0.3) is 0 Å². The highest BCUT2D eigenvalue weighted by Crippen LogP contribution is 2.60. The van der Waals surface area contributed by atoms with Gasteiger partial charge in [0, 0.05) is 30.4 Å². The standard InChI is InChI=1S/C26H36N2O4/c1-25(2)16-20-4-3-5-21(23(20)32-25)31-9-8-27-22(29)6-7-28-24(30)26-13-17-10-18(14-26)12-19(11-17)15-26/h3-5,17-19H,6-16H2,1-2H3,(H,27,29)(H,28,30). The van der Waals surface area contributed by atoms with Gasteiger partial charge in [-0.25, -0.2) is 0 Å². The summed E-state index contributed by atoms with van der Waals surface area (Å²) < 4.78 is 11.9. The minimum Gasteiger partial charge on any atom is -0.488 e. The predicted octanol–water partition coefficient (Wildman–Crippen LogP) is 3.62. The lowest BCUT2D eigenvalue weighted by Gasteiger charge is -2.55. The number of benzene rings is 1. The largest absolute Gasteiger partial charge is 0.488 e. The van der Waals surface area contributed by atoms with Crippen molar-refractivity contribution in [2.24, 2.45) is 23.2 Å². The van der Waals surface area contributed by atoms with Crippen LogP contribution in [0.4, 0.5) is 0 Å². The average molecular weight is 441 g/mol. The normalized spacial score (nSPS) is 31.0. The predicted molar refractivity (Wildman–Crippen MR) is 122 cm³/mol. The van der Waals surface area contributed by atoms with E-state index in [-0.39, 0.29) is 22.8 Å². The number of fused-ring (bicyclic) bond motifs is 1. The molecule has 32 heavy (non-hydrogen) atoms. The maximum Gasteiger partial charge on any atom is 0.226 e. The van der Waals surface area contributed by atoms with E-state index < -0.39 is 0 Å². The second-order valence-electron chi connectivity index (χ2n) is 11.2. The number of rotatable bonds is 8. The van der Waals surface area contributed by atoms with E-state index in [4.69, 9.17) is 9.47 Å². The summed E-state index contributed by atoms with van der Waals surface area (Å²) in [5, 5.41) is 5.97. The first-order chi connectivity index (χ1) is 15.3. The summed E-state index contributed by atoms with van der Waals surface area (Å²) in [6, 6.07) is 5.95. The fraction of sp³-hybridized carbons (Fsp3) is 0.692. The Balaban J connectivity index is 1.01. The molecule has 1 heterocycles. The Morgan fingerprint density at radius 1 is 1.03 bits per heavy atom. The number of carbonyl (C=O) groups excluding carboxylic acids is 2. The summed E-state index contributed by atoms with van der Waals surface area (Å²) >= 11 is 0. The second-order valence-corrected chi connectivity index (χ2v) is 11.2. The highest BCUT2D eigenvalue weighted by atomic mass is 16.5. The average Bonchev–Trinajstić information content (AvgIpc) is 3.04. The molecule has 4 bridgehead atoms. The maximum atomic E-state index is 13.0. The second kappa shape index (κ2) is 8.27. The quantitative estimate of drug-likeness (QED) is 0.606. The van der Waals surface area contributed by atoms with Crippen molar-refractivity contribution in [3.05, 3.63) is 23.8 Å². The van der Waals surface area contributed by atoms with E-state index in [2.05, 4.69) is 30.5 Å². The Labute approximate surface area is 190 Å². The fourth-order valence-electron chi connectivity index (χ4n) is 7.01. The van der Waals surface area contributed by atoms with Crippen LogP contribution in [0.3, 0.4) is 0 Å². The minimum atomic E-state index is -0.212. The van der Waals surface area contributed by atoms with Crippen molar-refractivity contribution in [3.8, 4) is 11.5 Å². The zero-order valence-electron chi connectivity index (χ0n) is 19.4. The number of para-hydroxylation sites is 1. The molecule has 1 aromatic rings. The van der Waals surface area contributed by atoms with E-state index in [0.717, 1.165) is 60.5 Å². The number of nitrogens with one attached hydrogen (secondary N) is 2. The van der Waals surface area contributed by atoms with Crippen LogP contribution >= 0.6 is 0 Å². The van der Waals surface area contributed by atoms with Gasteiger partial charge in [-0.2, -0.15) is 0 Å². The number of hydrogen-bond donors (Lipinski definition) is 2. The fourth-order valence-corrected chi connectivity index (χ4v) is 7.01. The van der Waals surface area contributed by atoms with E-state index >= 15 is 0 Å². The summed E-state index contributed by atoms with van der Waals surface area (Å²) in [6.45, 7) is 5.35. The van der Waals surface area contributed by atoms with Gasteiger partial charge in [0.05, 0.1) is 6.54 Å². The molecule has 2 amide bonds. The van der Waals surface area contributed by atoms with E-state index in [9.17, 15) is 9.59 Å². The van der Waals surface area contributed by atoms with Crippen LogP contribution in [-0.2, 0) is 16.0 Å². The maximum absolute atomic E-state index is 13.0. The van der Waals surface area contributed by atoms with E-state index in [1.54, 1.807) is 0 Å². The molecular formula is C26H36N2O4. The zero-order valence-corrected chi connectivity index (χ0v) is 19.4. The third-order valence-corrected chi connectivity index (χ3v) is 7.89. The van der Waals surface area contributed by atoms with Crippen LogP contribution in [0, 0.1) is 23.2 Å². The van der Waals surface area contributed by atoms with Gasteiger partial charge >= 0.3 is 0 Å². The lowest BCUT2D eigenvalue weighted by atomic mass is 9.49. The van der Waals surface area contributed by atoms with Gasteiger partial charge in [0.15, 0.2) is 11.5 Å². The highest BCUT2D eigenvalue weighted by Gasteiger charge is 2.54. The summed E-state index contributed by atoms with van der Waals surface area (Å²) in [5.41, 5.74) is 0.800. The molecule has 4 saturated carbocycles. The summed E-state index contributed by atoms with van der Waals surface area (Å²) in [4.78, 5) is 25.2. The van der Waals surface area contributed by atoms with Crippen LogP contribution < -0.4 is 20.1 Å². The van der Waals surface area contributed by atoms with E-state index in [1.165, 1.54) is 19.3 Å². The third kappa shape index (κ3) is 4.33.